The molecule has 2 heterocycles. The van der Waals surface area contributed by atoms with Gasteiger partial charge in [0.15, 0.2) is 0 Å². The summed E-state index contributed by atoms with van der Waals surface area (Å²) in [5.74, 6) is 1.23. The Kier molecular flexibility index (Phi) is 5.52. The highest BCUT2D eigenvalue weighted by atomic mass is 32.1. The van der Waals surface area contributed by atoms with Gasteiger partial charge in [-0.05, 0) is 31.5 Å². The van der Waals surface area contributed by atoms with Crippen LogP contribution in [0.2, 0.25) is 0 Å². The number of methoxy groups -OCH3 is 1. The summed E-state index contributed by atoms with van der Waals surface area (Å²) < 4.78 is 10.5. The fourth-order valence-corrected chi connectivity index (χ4v) is 3.58. The topological polar surface area (TPSA) is 101 Å². The van der Waals surface area contributed by atoms with Gasteiger partial charge in [0.2, 0.25) is 17.6 Å². The third kappa shape index (κ3) is 3.99. The molecule has 8 heteroatoms. The summed E-state index contributed by atoms with van der Waals surface area (Å²) in [4.78, 5) is 17.6. The summed E-state index contributed by atoms with van der Waals surface area (Å²) in [6, 6.07) is 9.51. The van der Waals surface area contributed by atoms with Crippen LogP contribution in [0.3, 0.4) is 0 Å². The van der Waals surface area contributed by atoms with Crippen LogP contribution in [0.15, 0.2) is 28.8 Å². The molecule has 0 fully saturated rings. The summed E-state index contributed by atoms with van der Waals surface area (Å²) in [6.45, 7) is 3.80. The molecule has 0 bridgehead atoms. The summed E-state index contributed by atoms with van der Waals surface area (Å²) in [7, 11) is 1.58. The number of ether oxygens (including phenoxy) is 1. The Labute approximate surface area is 160 Å². The van der Waals surface area contributed by atoms with E-state index < -0.39 is 0 Å². The predicted molar refractivity (Wildman–Crippen MR) is 102 cm³/mol. The highest BCUT2D eigenvalue weighted by Crippen LogP contribution is 2.32. The Morgan fingerprint density at radius 2 is 2.15 bits per heavy atom. The number of aromatic nitrogens is 2. The zero-order valence-corrected chi connectivity index (χ0v) is 16.0. The Bertz CT molecular complexity index is 1020. The van der Waals surface area contributed by atoms with Gasteiger partial charge in [0, 0.05) is 17.7 Å². The van der Waals surface area contributed by atoms with Gasteiger partial charge in [-0.2, -0.15) is 10.2 Å². The van der Waals surface area contributed by atoms with Crippen molar-refractivity contribution < 1.29 is 14.1 Å². The molecule has 1 N–H and O–H groups in total. The van der Waals surface area contributed by atoms with E-state index in [2.05, 4.69) is 21.5 Å². The maximum Gasteiger partial charge on any atom is 0.227 e. The minimum atomic E-state index is -0.204. The van der Waals surface area contributed by atoms with Crippen molar-refractivity contribution in [1.82, 2.24) is 10.1 Å². The molecule has 138 valence electrons. The van der Waals surface area contributed by atoms with Crippen molar-refractivity contribution in [2.24, 2.45) is 0 Å². The van der Waals surface area contributed by atoms with E-state index in [1.807, 2.05) is 38.1 Å². The summed E-state index contributed by atoms with van der Waals surface area (Å²) in [5, 5.41) is 16.6. The monoisotopic (exact) mass is 382 g/mol. The first-order valence-corrected chi connectivity index (χ1v) is 9.11. The lowest BCUT2D eigenvalue weighted by molar-refractivity contribution is -0.116. The van der Waals surface area contributed by atoms with Crippen molar-refractivity contribution >= 4 is 22.2 Å². The average molecular weight is 382 g/mol. The van der Waals surface area contributed by atoms with Crippen LogP contribution in [-0.2, 0) is 11.2 Å². The van der Waals surface area contributed by atoms with Gasteiger partial charge >= 0.3 is 0 Å². The molecular formula is C19H18N4O3S. The maximum atomic E-state index is 12.2. The number of benzene rings is 1. The minimum absolute atomic E-state index is 0.175. The number of amides is 1. The Balaban J connectivity index is 1.64. The molecule has 3 rings (SSSR count). The fraction of sp³-hybridized carbons (Fsp3) is 0.263. The molecule has 0 unspecified atom stereocenters. The lowest BCUT2D eigenvalue weighted by Gasteiger charge is -2.03. The van der Waals surface area contributed by atoms with Gasteiger partial charge in [0.05, 0.1) is 18.2 Å². The van der Waals surface area contributed by atoms with Crippen molar-refractivity contribution in [3.05, 3.63) is 46.2 Å². The van der Waals surface area contributed by atoms with Gasteiger partial charge in [-0.25, -0.2) is 0 Å². The number of carbonyl (C=O) groups is 1. The van der Waals surface area contributed by atoms with Crippen LogP contribution in [0.1, 0.15) is 28.3 Å². The Morgan fingerprint density at radius 1 is 1.37 bits per heavy atom. The molecule has 0 radical (unpaired) electrons. The van der Waals surface area contributed by atoms with Gasteiger partial charge in [-0.3, -0.25) is 4.79 Å². The quantitative estimate of drug-likeness (QED) is 0.694. The molecule has 0 spiro atoms. The third-order valence-electron chi connectivity index (χ3n) is 4.13. The average Bonchev–Trinajstić information content (AvgIpc) is 3.25. The van der Waals surface area contributed by atoms with E-state index in [0.29, 0.717) is 34.4 Å². The minimum Gasteiger partial charge on any atom is -0.496 e. The number of nitrogens with zero attached hydrogens (tertiary/aromatic N) is 3. The molecule has 1 amide bonds. The molecule has 27 heavy (non-hydrogen) atoms. The number of rotatable bonds is 6. The summed E-state index contributed by atoms with van der Waals surface area (Å²) in [5.41, 5.74) is 2.14. The second kappa shape index (κ2) is 8.01. The van der Waals surface area contributed by atoms with Crippen LogP contribution in [0.5, 0.6) is 5.75 Å². The van der Waals surface area contributed by atoms with Crippen molar-refractivity contribution in [3.63, 3.8) is 0 Å². The highest BCUT2D eigenvalue weighted by molar-refractivity contribution is 7.16. The molecule has 0 aliphatic heterocycles. The van der Waals surface area contributed by atoms with Gasteiger partial charge in [0.1, 0.15) is 16.8 Å². The molecule has 0 aliphatic carbocycles. The Hall–Kier alpha value is -3.18. The van der Waals surface area contributed by atoms with E-state index in [9.17, 15) is 10.1 Å². The number of hydrogen-bond acceptors (Lipinski definition) is 7. The lowest BCUT2D eigenvalue weighted by Crippen LogP contribution is -2.12. The van der Waals surface area contributed by atoms with Crippen molar-refractivity contribution in [2.45, 2.75) is 26.7 Å². The van der Waals surface area contributed by atoms with E-state index in [-0.39, 0.29) is 12.3 Å². The number of nitrogens with one attached hydrogen (secondary N) is 1. The number of nitriles is 1. The van der Waals surface area contributed by atoms with Crippen molar-refractivity contribution in [3.8, 4) is 23.2 Å². The number of para-hydroxylation sites is 1. The third-order valence-corrected chi connectivity index (χ3v) is 5.25. The zero-order chi connectivity index (χ0) is 19.4. The number of anilines is 1. The second-order valence-corrected chi connectivity index (χ2v) is 7.08. The van der Waals surface area contributed by atoms with Crippen LogP contribution in [-0.4, -0.2) is 23.2 Å². The molecule has 0 saturated carbocycles. The zero-order valence-electron chi connectivity index (χ0n) is 15.2. The molecule has 0 atom stereocenters. The first-order valence-electron chi connectivity index (χ1n) is 8.29. The SMILES string of the molecule is COc1ccccc1-c1noc(CCC(=O)Nc2sc(C)c(C)c2C#N)n1. The lowest BCUT2D eigenvalue weighted by atomic mass is 10.2. The maximum absolute atomic E-state index is 12.2. The normalized spacial score (nSPS) is 10.4. The molecule has 3 aromatic rings. The molecule has 1 aromatic carbocycles. The van der Waals surface area contributed by atoms with Gasteiger partial charge in [-0.15, -0.1) is 11.3 Å². The summed E-state index contributed by atoms with van der Waals surface area (Å²) in [6.07, 6.45) is 0.480. The number of carbonyl (C=O) groups excluding carboxylic acids is 1. The number of thiophene rings is 1. The molecule has 7 nitrogen and oxygen atoms in total. The van der Waals surface area contributed by atoms with E-state index in [0.717, 1.165) is 16.0 Å². The van der Waals surface area contributed by atoms with E-state index in [1.165, 1.54) is 11.3 Å². The van der Waals surface area contributed by atoms with Crippen LogP contribution in [0.4, 0.5) is 5.00 Å². The molecule has 2 aromatic heterocycles. The van der Waals surface area contributed by atoms with Crippen LogP contribution >= 0.6 is 11.3 Å². The van der Waals surface area contributed by atoms with Crippen LogP contribution < -0.4 is 10.1 Å². The largest absolute Gasteiger partial charge is 0.496 e. The second-order valence-electron chi connectivity index (χ2n) is 5.86. The molecule has 0 saturated heterocycles. The van der Waals surface area contributed by atoms with E-state index >= 15 is 0 Å². The Morgan fingerprint density at radius 3 is 2.89 bits per heavy atom. The summed E-state index contributed by atoms with van der Waals surface area (Å²) >= 11 is 1.40. The van der Waals surface area contributed by atoms with Gasteiger partial charge in [-0.1, -0.05) is 17.3 Å². The highest BCUT2D eigenvalue weighted by Gasteiger charge is 2.16. The van der Waals surface area contributed by atoms with Gasteiger partial charge < -0.3 is 14.6 Å². The standard InChI is InChI=1S/C19H18N4O3S/c1-11-12(2)27-19(14(11)10-20)21-16(24)8-9-17-22-18(23-26-17)13-6-4-5-7-15(13)25-3/h4-7H,8-9H2,1-3H3,(H,21,24). The fourth-order valence-electron chi connectivity index (χ4n) is 2.55. The van der Waals surface area contributed by atoms with E-state index in [4.69, 9.17) is 9.26 Å². The first kappa shape index (κ1) is 18.6. The van der Waals surface area contributed by atoms with Gasteiger partial charge in [0.25, 0.3) is 0 Å². The first-order chi connectivity index (χ1) is 13.0. The molecular weight excluding hydrogens is 364 g/mol. The van der Waals surface area contributed by atoms with Crippen LogP contribution in [0, 0.1) is 25.2 Å². The van der Waals surface area contributed by atoms with Crippen LogP contribution in [0.25, 0.3) is 11.4 Å². The molecule has 0 aliphatic rings. The predicted octanol–water partition coefficient (Wildman–Crippen LogP) is 3.87. The number of hydrogen-bond donors (Lipinski definition) is 1. The van der Waals surface area contributed by atoms with Crippen molar-refractivity contribution in [1.29, 1.82) is 5.26 Å². The smallest absolute Gasteiger partial charge is 0.227 e. The van der Waals surface area contributed by atoms with Crippen molar-refractivity contribution in [2.75, 3.05) is 12.4 Å². The number of aryl methyl sites for hydroxylation is 2. The van der Waals surface area contributed by atoms with E-state index in [1.54, 1.807) is 7.11 Å².